The fourth-order valence-electron chi connectivity index (χ4n) is 1.22. The fraction of sp³-hybridized carbons (Fsp3) is 0.300. The van der Waals surface area contributed by atoms with Crippen molar-refractivity contribution in [3.05, 3.63) is 29.8 Å². The molecule has 0 heterocycles. The summed E-state index contributed by atoms with van der Waals surface area (Å²) in [5, 5.41) is 8.36. The highest BCUT2D eigenvalue weighted by atomic mass is 32.2. The average Bonchev–Trinajstić information content (AvgIpc) is 2.23. The van der Waals surface area contributed by atoms with Gasteiger partial charge in [-0.25, -0.2) is 21.9 Å². The third-order valence-electron chi connectivity index (χ3n) is 2.04. The van der Waals surface area contributed by atoms with Crippen molar-refractivity contribution in [2.24, 2.45) is 0 Å². The minimum absolute atomic E-state index is 0.0807. The molecule has 1 aromatic rings. The van der Waals surface area contributed by atoms with E-state index in [0.29, 0.717) is 6.07 Å². The lowest BCUT2D eigenvalue weighted by Gasteiger charge is -2.06. The van der Waals surface area contributed by atoms with Gasteiger partial charge in [0.1, 0.15) is 16.5 Å². The highest BCUT2D eigenvalue weighted by Gasteiger charge is 2.18. The van der Waals surface area contributed by atoms with Crippen LogP contribution in [0.3, 0.4) is 0 Å². The molecule has 0 aromatic heterocycles. The molecule has 0 aliphatic carbocycles. The second kappa shape index (κ2) is 5.87. The normalized spacial score (nSPS) is 11.4. The Morgan fingerprint density at radius 2 is 2.00 bits per heavy atom. The molecule has 0 bridgehead atoms. The maximum absolute atomic E-state index is 13.2. The van der Waals surface area contributed by atoms with Crippen LogP contribution in [-0.4, -0.2) is 26.0 Å². The Morgan fingerprint density at radius 1 is 1.33 bits per heavy atom. The van der Waals surface area contributed by atoms with Gasteiger partial charge >= 0.3 is 5.97 Å². The molecule has 2 N–H and O–H groups in total. The molecule has 0 amide bonds. The standard InChI is InChI=1S/C10H11F2NO4S/c11-7-3-4-9(8(12)6-7)18(16,17)13-5-1-2-10(14)15/h3-4,6,13H,1-2,5H2,(H,14,15). The zero-order valence-electron chi connectivity index (χ0n) is 9.19. The second-order valence-electron chi connectivity index (χ2n) is 3.47. The first kappa shape index (κ1) is 14.5. The maximum Gasteiger partial charge on any atom is 0.303 e. The summed E-state index contributed by atoms with van der Waals surface area (Å²) in [6, 6.07) is 2.10. The zero-order valence-corrected chi connectivity index (χ0v) is 10.0. The van der Waals surface area contributed by atoms with Crippen LogP contribution >= 0.6 is 0 Å². The summed E-state index contributed by atoms with van der Waals surface area (Å²) in [5.74, 6) is -3.12. The Hall–Kier alpha value is -1.54. The van der Waals surface area contributed by atoms with Crippen molar-refractivity contribution in [3.63, 3.8) is 0 Å². The number of nitrogens with one attached hydrogen (secondary N) is 1. The predicted octanol–water partition coefficient (Wildman–Crippen LogP) is 1.11. The van der Waals surface area contributed by atoms with Crippen LogP contribution in [0.2, 0.25) is 0 Å². The summed E-state index contributed by atoms with van der Waals surface area (Å²) in [6.07, 6.45) is -0.119. The third kappa shape index (κ3) is 4.04. The lowest BCUT2D eigenvalue weighted by Crippen LogP contribution is -2.26. The van der Waals surface area contributed by atoms with Crippen LogP contribution in [-0.2, 0) is 14.8 Å². The maximum atomic E-state index is 13.2. The van der Waals surface area contributed by atoms with Gasteiger partial charge < -0.3 is 5.11 Å². The molecule has 0 atom stereocenters. The number of aliphatic carboxylic acids is 1. The van der Waals surface area contributed by atoms with Gasteiger partial charge in [-0.2, -0.15) is 0 Å². The highest BCUT2D eigenvalue weighted by Crippen LogP contribution is 2.15. The number of halogens is 2. The number of hydrogen-bond donors (Lipinski definition) is 2. The zero-order chi connectivity index (χ0) is 13.8. The van der Waals surface area contributed by atoms with Crippen LogP contribution in [0.1, 0.15) is 12.8 Å². The predicted molar refractivity (Wildman–Crippen MR) is 58.4 cm³/mol. The van der Waals surface area contributed by atoms with Crippen molar-refractivity contribution in [1.29, 1.82) is 0 Å². The Labute approximate surface area is 102 Å². The van der Waals surface area contributed by atoms with Crippen molar-refractivity contribution in [2.75, 3.05) is 6.54 Å². The molecule has 0 spiro atoms. The molecule has 0 saturated heterocycles. The molecule has 0 unspecified atom stereocenters. The smallest absolute Gasteiger partial charge is 0.303 e. The third-order valence-corrected chi connectivity index (χ3v) is 3.54. The lowest BCUT2D eigenvalue weighted by molar-refractivity contribution is -0.137. The first-order chi connectivity index (χ1) is 8.33. The number of sulfonamides is 1. The van der Waals surface area contributed by atoms with Gasteiger partial charge in [0, 0.05) is 19.0 Å². The molecular weight excluding hydrogens is 268 g/mol. The van der Waals surface area contributed by atoms with Gasteiger partial charge in [0.25, 0.3) is 0 Å². The van der Waals surface area contributed by atoms with Crippen LogP contribution < -0.4 is 4.72 Å². The van der Waals surface area contributed by atoms with Gasteiger partial charge in [-0.1, -0.05) is 0 Å². The Balaban J connectivity index is 2.71. The minimum Gasteiger partial charge on any atom is -0.481 e. The number of carboxylic acids is 1. The van der Waals surface area contributed by atoms with Crippen LogP contribution in [0.15, 0.2) is 23.1 Å². The van der Waals surface area contributed by atoms with E-state index < -0.39 is 32.5 Å². The van der Waals surface area contributed by atoms with E-state index in [1.807, 2.05) is 4.72 Å². The molecule has 0 aliphatic heterocycles. The number of carbonyl (C=O) groups is 1. The summed E-state index contributed by atoms with van der Waals surface area (Å²) in [4.78, 5) is 9.54. The summed E-state index contributed by atoms with van der Waals surface area (Å²) in [6.45, 7) is -0.133. The van der Waals surface area contributed by atoms with Crippen LogP contribution in [0.5, 0.6) is 0 Å². The number of carboxylic acid groups (broad SMARTS) is 1. The fourth-order valence-corrected chi connectivity index (χ4v) is 2.35. The Morgan fingerprint density at radius 3 is 2.56 bits per heavy atom. The number of rotatable bonds is 6. The molecule has 100 valence electrons. The summed E-state index contributed by atoms with van der Waals surface area (Å²) in [5.41, 5.74) is 0. The summed E-state index contributed by atoms with van der Waals surface area (Å²) < 4.78 is 51.1. The summed E-state index contributed by atoms with van der Waals surface area (Å²) >= 11 is 0. The van der Waals surface area contributed by atoms with Gasteiger partial charge in [0.05, 0.1) is 0 Å². The van der Waals surface area contributed by atoms with E-state index in [0.717, 1.165) is 12.1 Å². The topological polar surface area (TPSA) is 83.5 Å². The van der Waals surface area contributed by atoms with Gasteiger partial charge in [-0.3, -0.25) is 4.79 Å². The van der Waals surface area contributed by atoms with E-state index in [-0.39, 0.29) is 19.4 Å². The van der Waals surface area contributed by atoms with Crippen molar-refractivity contribution in [1.82, 2.24) is 4.72 Å². The van der Waals surface area contributed by atoms with Gasteiger partial charge in [0.15, 0.2) is 0 Å². The van der Waals surface area contributed by atoms with E-state index in [4.69, 9.17) is 5.11 Å². The van der Waals surface area contributed by atoms with Crippen molar-refractivity contribution >= 4 is 16.0 Å². The number of benzene rings is 1. The van der Waals surface area contributed by atoms with E-state index in [9.17, 15) is 22.0 Å². The molecule has 1 rings (SSSR count). The first-order valence-corrected chi connectivity index (χ1v) is 6.48. The van der Waals surface area contributed by atoms with Crippen molar-refractivity contribution < 1.29 is 27.1 Å². The average molecular weight is 279 g/mol. The van der Waals surface area contributed by atoms with Gasteiger partial charge in [0.2, 0.25) is 10.0 Å². The van der Waals surface area contributed by atoms with Gasteiger partial charge in [-0.15, -0.1) is 0 Å². The van der Waals surface area contributed by atoms with E-state index >= 15 is 0 Å². The molecule has 5 nitrogen and oxygen atoms in total. The molecule has 0 radical (unpaired) electrons. The monoisotopic (exact) mass is 279 g/mol. The first-order valence-electron chi connectivity index (χ1n) is 4.99. The molecule has 0 fully saturated rings. The molecule has 0 saturated carbocycles. The molecule has 0 aliphatic rings. The number of hydrogen-bond acceptors (Lipinski definition) is 3. The van der Waals surface area contributed by atoms with E-state index in [2.05, 4.69) is 0 Å². The quantitative estimate of drug-likeness (QED) is 0.764. The SMILES string of the molecule is O=C(O)CCCNS(=O)(=O)c1ccc(F)cc1F. The Kier molecular flexibility index (Phi) is 4.74. The van der Waals surface area contributed by atoms with Crippen LogP contribution in [0.4, 0.5) is 8.78 Å². The van der Waals surface area contributed by atoms with Crippen molar-refractivity contribution in [2.45, 2.75) is 17.7 Å². The molecule has 1 aromatic carbocycles. The summed E-state index contributed by atoms with van der Waals surface area (Å²) in [7, 11) is -4.09. The lowest BCUT2D eigenvalue weighted by atomic mass is 10.3. The molecular formula is C10H11F2NO4S. The molecule has 18 heavy (non-hydrogen) atoms. The van der Waals surface area contributed by atoms with Crippen molar-refractivity contribution in [3.8, 4) is 0 Å². The molecule has 8 heteroatoms. The highest BCUT2D eigenvalue weighted by molar-refractivity contribution is 7.89. The second-order valence-corrected chi connectivity index (χ2v) is 5.21. The van der Waals surface area contributed by atoms with Crippen LogP contribution in [0, 0.1) is 11.6 Å². The minimum atomic E-state index is -4.09. The van der Waals surface area contributed by atoms with Gasteiger partial charge in [-0.05, 0) is 18.6 Å². The van der Waals surface area contributed by atoms with Crippen LogP contribution in [0.25, 0.3) is 0 Å². The van der Waals surface area contributed by atoms with E-state index in [1.54, 1.807) is 0 Å². The van der Waals surface area contributed by atoms with E-state index in [1.165, 1.54) is 0 Å². The largest absolute Gasteiger partial charge is 0.481 e. The Bertz CT molecular complexity index is 545.